The summed E-state index contributed by atoms with van der Waals surface area (Å²) in [5.74, 6) is 0.633. The van der Waals surface area contributed by atoms with E-state index in [2.05, 4.69) is 39.4 Å². The lowest BCUT2D eigenvalue weighted by Crippen LogP contribution is -2.36. The Kier molecular flexibility index (Phi) is 7.25. The molecule has 1 aromatic rings. The van der Waals surface area contributed by atoms with E-state index in [0.717, 1.165) is 63.5 Å². The Bertz CT molecular complexity index is 577. The monoisotopic (exact) mass is 361 g/mol. The van der Waals surface area contributed by atoms with E-state index in [0.29, 0.717) is 18.5 Å². The van der Waals surface area contributed by atoms with Crippen LogP contribution in [0, 0.1) is 5.92 Å². The second-order valence-corrected chi connectivity index (χ2v) is 7.14. The maximum absolute atomic E-state index is 12.2. The third-order valence-corrected chi connectivity index (χ3v) is 5.20. The minimum Gasteiger partial charge on any atom is -0.379 e. The number of benzene rings is 1. The maximum atomic E-state index is 12.2. The van der Waals surface area contributed by atoms with Crippen molar-refractivity contribution >= 4 is 11.7 Å². The summed E-state index contributed by atoms with van der Waals surface area (Å²) in [5.41, 5.74) is 8.44. The quantitative estimate of drug-likeness (QED) is 0.554. The van der Waals surface area contributed by atoms with E-state index in [1.165, 1.54) is 0 Å². The molecule has 2 unspecified atom stereocenters. The van der Waals surface area contributed by atoms with Gasteiger partial charge in [0.1, 0.15) is 0 Å². The van der Waals surface area contributed by atoms with Gasteiger partial charge in [-0.3, -0.25) is 15.8 Å². The molecule has 26 heavy (non-hydrogen) atoms. The first-order valence-corrected chi connectivity index (χ1v) is 9.63. The summed E-state index contributed by atoms with van der Waals surface area (Å²) in [6.07, 6.45) is 2.09. The van der Waals surface area contributed by atoms with Crippen LogP contribution in [-0.4, -0.2) is 56.4 Å². The molecule has 7 heteroatoms. The standard InChI is InChI=1S/C19H31N5O2/c1-15-16(13-21-23-15)6-4-8-20-19(25)22-18-7-3-2-5-17(18)14-24-9-11-26-12-10-24/h2-3,5,7,15-16,21,23H,4,6,8-14H2,1H3,(H2,20,22,25). The predicted molar refractivity (Wildman–Crippen MR) is 103 cm³/mol. The number of hydrogen-bond acceptors (Lipinski definition) is 5. The number of anilines is 1. The highest BCUT2D eigenvalue weighted by Crippen LogP contribution is 2.18. The van der Waals surface area contributed by atoms with Gasteiger partial charge in [-0.1, -0.05) is 18.2 Å². The lowest BCUT2D eigenvalue weighted by Gasteiger charge is -2.27. The number of carbonyl (C=O) groups excluding carboxylic acids is 1. The first-order chi connectivity index (χ1) is 12.7. The van der Waals surface area contributed by atoms with Gasteiger partial charge in [0, 0.05) is 44.5 Å². The molecule has 3 rings (SSSR count). The summed E-state index contributed by atoms with van der Waals surface area (Å²) in [6.45, 7) is 8.15. The number of rotatable bonds is 7. The summed E-state index contributed by atoms with van der Waals surface area (Å²) < 4.78 is 5.40. The molecule has 2 aliphatic heterocycles. The topological polar surface area (TPSA) is 77.7 Å². The van der Waals surface area contributed by atoms with Gasteiger partial charge in [-0.05, 0) is 37.3 Å². The number of hydrogen-bond donors (Lipinski definition) is 4. The summed E-state index contributed by atoms with van der Waals surface area (Å²) in [5, 5.41) is 5.98. The summed E-state index contributed by atoms with van der Waals surface area (Å²) >= 11 is 0. The van der Waals surface area contributed by atoms with Gasteiger partial charge < -0.3 is 15.4 Å². The Balaban J connectivity index is 1.42. The third kappa shape index (κ3) is 5.67. The molecule has 0 bridgehead atoms. The van der Waals surface area contributed by atoms with Gasteiger partial charge in [0.05, 0.1) is 13.2 Å². The van der Waals surface area contributed by atoms with Crippen molar-refractivity contribution in [1.82, 2.24) is 21.1 Å². The molecular weight excluding hydrogens is 330 g/mol. The van der Waals surface area contributed by atoms with Crippen LogP contribution in [0.1, 0.15) is 25.3 Å². The number of urea groups is 1. The second-order valence-electron chi connectivity index (χ2n) is 7.14. The molecule has 2 atom stereocenters. The highest BCUT2D eigenvalue weighted by Gasteiger charge is 2.21. The molecule has 0 saturated carbocycles. The molecule has 4 N–H and O–H groups in total. The zero-order chi connectivity index (χ0) is 18.2. The van der Waals surface area contributed by atoms with Crippen molar-refractivity contribution in [3.8, 4) is 0 Å². The van der Waals surface area contributed by atoms with Crippen molar-refractivity contribution in [2.75, 3.05) is 44.7 Å². The van der Waals surface area contributed by atoms with Gasteiger partial charge in [-0.2, -0.15) is 0 Å². The fraction of sp³-hybridized carbons (Fsp3) is 0.632. The van der Waals surface area contributed by atoms with Crippen LogP contribution in [0.3, 0.4) is 0 Å². The van der Waals surface area contributed by atoms with Crippen LogP contribution >= 0.6 is 0 Å². The lowest BCUT2D eigenvalue weighted by molar-refractivity contribution is 0.0343. The highest BCUT2D eigenvalue weighted by atomic mass is 16.5. The maximum Gasteiger partial charge on any atom is 0.319 e. The number of nitrogens with one attached hydrogen (secondary N) is 4. The van der Waals surface area contributed by atoms with E-state index in [1.54, 1.807) is 0 Å². The van der Waals surface area contributed by atoms with E-state index in [4.69, 9.17) is 4.74 Å². The van der Waals surface area contributed by atoms with Gasteiger partial charge in [0.2, 0.25) is 0 Å². The van der Waals surface area contributed by atoms with Gasteiger partial charge in [0.25, 0.3) is 0 Å². The van der Waals surface area contributed by atoms with Crippen LogP contribution < -0.4 is 21.5 Å². The summed E-state index contributed by atoms with van der Waals surface area (Å²) in [7, 11) is 0. The fourth-order valence-electron chi connectivity index (χ4n) is 3.51. The van der Waals surface area contributed by atoms with Crippen LogP contribution in [-0.2, 0) is 11.3 Å². The van der Waals surface area contributed by atoms with Crippen molar-refractivity contribution in [2.45, 2.75) is 32.4 Å². The Hall–Kier alpha value is -1.67. The van der Waals surface area contributed by atoms with Gasteiger partial charge in [-0.25, -0.2) is 4.79 Å². The van der Waals surface area contributed by atoms with E-state index < -0.39 is 0 Å². The molecule has 2 amide bonds. The Morgan fingerprint density at radius 1 is 1.31 bits per heavy atom. The van der Waals surface area contributed by atoms with Crippen LogP contribution in [0.5, 0.6) is 0 Å². The molecule has 0 aromatic heterocycles. The largest absolute Gasteiger partial charge is 0.379 e. The van der Waals surface area contributed by atoms with E-state index in [9.17, 15) is 4.79 Å². The minimum absolute atomic E-state index is 0.129. The molecular formula is C19H31N5O2. The minimum atomic E-state index is -0.129. The van der Waals surface area contributed by atoms with Crippen molar-refractivity contribution in [3.63, 3.8) is 0 Å². The zero-order valence-corrected chi connectivity index (χ0v) is 15.6. The predicted octanol–water partition coefficient (Wildman–Crippen LogP) is 1.53. The summed E-state index contributed by atoms with van der Waals surface area (Å²) in [4.78, 5) is 14.6. The number of morpholine rings is 1. The molecule has 1 aromatic carbocycles. The Labute approximate surface area is 155 Å². The number of amides is 2. The van der Waals surface area contributed by atoms with Crippen LogP contribution in [0.15, 0.2) is 24.3 Å². The van der Waals surface area contributed by atoms with E-state index in [-0.39, 0.29) is 6.03 Å². The SMILES string of the molecule is CC1NNCC1CCCNC(=O)Nc1ccccc1CN1CCOCC1. The molecule has 2 heterocycles. The Morgan fingerprint density at radius 3 is 2.88 bits per heavy atom. The number of ether oxygens (including phenoxy) is 1. The van der Waals surface area contributed by atoms with Crippen molar-refractivity contribution in [1.29, 1.82) is 0 Å². The fourth-order valence-corrected chi connectivity index (χ4v) is 3.51. The van der Waals surface area contributed by atoms with Crippen molar-refractivity contribution in [2.24, 2.45) is 5.92 Å². The highest BCUT2D eigenvalue weighted by molar-refractivity contribution is 5.90. The van der Waals surface area contributed by atoms with Crippen LogP contribution in [0.2, 0.25) is 0 Å². The van der Waals surface area contributed by atoms with Gasteiger partial charge >= 0.3 is 6.03 Å². The summed E-state index contributed by atoms with van der Waals surface area (Å²) in [6, 6.07) is 8.38. The zero-order valence-electron chi connectivity index (χ0n) is 15.6. The molecule has 2 aliphatic rings. The molecule has 7 nitrogen and oxygen atoms in total. The van der Waals surface area contributed by atoms with Crippen LogP contribution in [0.25, 0.3) is 0 Å². The average molecular weight is 361 g/mol. The first-order valence-electron chi connectivity index (χ1n) is 9.63. The van der Waals surface area contributed by atoms with Crippen molar-refractivity contribution in [3.05, 3.63) is 29.8 Å². The Morgan fingerprint density at radius 2 is 2.12 bits per heavy atom. The molecule has 144 valence electrons. The molecule has 0 radical (unpaired) electrons. The molecule has 0 spiro atoms. The third-order valence-electron chi connectivity index (χ3n) is 5.20. The molecule has 0 aliphatic carbocycles. The van der Waals surface area contributed by atoms with Gasteiger partial charge in [0.15, 0.2) is 0 Å². The van der Waals surface area contributed by atoms with Crippen LogP contribution in [0.4, 0.5) is 10.5 Å². The molecule has 2 fully saturated rings. The molecule has 2 saturated heterocycles. The van der Waals surface area contributed by atoms with Crippen molar-refractivity contribution < 1.29 is 9.53 Å². The smallest absolute Gasteiger partial charge is 0.319 e. The average Bonchev–Trinajstić information content (AvgIpc) is 3.06. The number of carbonyl (C=O) groups is 1. The number of para-hydroxylation sites is 1. The second kappa shape index (κ2) is 9.87. The van der Waals surface area contributed by atoms with E-state index >= 15 is 0 Å². The van der Waals surface area contributed by atoms with Gasteiger partial charge in [-0.15, -0.1) is 0 Å². The first kappa shape index (κ1) is 19.1. The number of hydrazine groups is 1. The number of nitrogens with zero attached hydrogens (tertiary/aromatic N) is 1. The normalized spacial score (nSPS) is 23.7. The van der Waals surface area contributed by atoms with E-state index in [1.807, 2.05) is 18.2 Å². The lowest BCUT2D eigenvalue weighted by atomic mass is 9.98.